The predicted octanol–water partition coefficient (Wildman–Crippen LogP) is 2.36. The molecule has 1 aromatic carbocycles. The van der Waals surface area contributed by atoms with Gasteiger partial charge in [0.1, 0.15) is 9.94 Å². The van der Waals surface area contributed by atoms with Crippen LogP contribution < -0.4 is 0 Å². The van der Waals surface area contributed by atoms with E-state index in [4.69, 9.17) is 0 Å². The first kappa shape index (κ1) is 12.2. The van der Waals surface area contributed by atoms with Crippen LogP contribution in [0.25, 0.3) is 0 Å². The molecule has 1 aliphatic rings. The van der Waals surface area contributed by atoms with E-state index in [1.165, 1.54) is 23.9 Å². The van der Waals surface area contributed by atoms with Crippen molar-refractivity contribution in [1.82, 2.24) is 0 Å². The number of hydrogen-bond acceptors (Lipinski definition) is 5. The van der Waals surface area contributed by atoms with E-state index in [2.05, 4.69) is 15.2 Å². The monoisotopic (exact) mass is 267 g/mol. The summed E-state index contributed by atoms with van der Waals surface area (Å²) in [5, 5.41) is 3.99. The zero-order valence-corrected chi connectivity index (χ0v) is 10.6. The minimum atomic E-state index is -3.83. The van der Waals surface area contributed by atoms with E-state index < -0.39 is 10.1 Å². The van der Waals surface area contributed by atoms with Crippen LogP contribution in [0.2, 0.25) is 0 Å². The number of rotatable bonds is 3. The first-order chi connectivity index (χ1) is 8.08. The van der Waals surface area contributed by atoms with Gasteiger partial charge in [0, 0.05) is 0 Å². The highest BCUT2D eigenvalue weighted by Gasteiger charge is 2.16. The quantitative estimate of drug-likeness (QED) is 0.789. The summed E-state index contributed by atoms with van der Waals surface area (Å²) in [7, 11) is -3.83. The van der Waals surface area contributed by atoms with Gasteiger partial charge in [0.15, 0.2) is 0 Å². The summed E-state index contributed by atoms with van der Waals surface area (Å²) in [6, 6.07) is 6.38. The molecule has 88 valence electrons. The molecule has 2 radical (unpaired) electrons. The molecular formula is C11H9NO3S2. The molecular weight excluding hydrogens is 258 g/mol. The molecule has 0 amide bonds. The van der Waals surface area contributed by atoms with Crippen LogP contribution in [0.4, 0.5) is 0 Å². The number of aryl methyl sites for hydroxylation is 1. The molecule has 6 heteroatoms. The topological polar surface area (TPSA) is 55.7 Å². The maximum Gasteiger partial charge on any atom is 0.358 e. The van der Waals surface area contributed by atoms with Gasteiger partial charge in [-0.05, 0) is 25.1 Å². The van der Waals surface area contributed by atoms with Crippen LogP contribution in [-0.4, -0.2) is 13.5 Å². The summed E-state index contributed by atoms with van der Waals surface area (Å²) in [4.78, 5) is 0.0902. The second-order valence-electron chi connectivity index (χ2n) is 3.32. The van der Waals surface area contributed by atoms with Gasteiger partial charge in [-0.2, -0.15) is 8.42 Å². The van der Waals surface area contributed by atoms with E-state index in [1.54, 1.807) is 24.3 Å². The number of nitrogens with zero attached hydrogens (tertiary/aromatic N) is 1. The second-order valence-corrected chi connectivity index (χ2v) is 5.71. The van der Waals surface area contributed by atoms with Crippen molar-refractivity contribution in [2.75, 3.05) is 0 Å². The Morgan fingerprint density at radius 3 is 2.59 bits per heavy atom. The van der Waals surface area contributed by atoms with E-state index in [9.17, 15) is 8.42 Å². The van der Waals surface area contributed by atoms with Gasteiger partial charge < -0.3 is 0 Å². The Morgan fingerprint density at radius 1 is 1.29 bits per heavy atom. The van der Waals surface area contributed by atoms with Crippen LogP contribution in [0, 0.1) is 12.7 Å². The van der Waals surface area contributed by atoms with Crippen molar-refractivity contribution in [3.63, 3.8) is 0 Å². The predicted molar refractivity (Wildman–Crippen MR) is 66.9 cm³/mol. The zero-order chi connectivity index (χ0) is 12.3. The molecule has 2 rings (SSSR count). The third kappa shape index (κ3) is 3.10. The zero-order valence-electron chi connectivity index (χ0n) is 8.95. The van der Waals surface area contributed by atoms with Crippen molar-refractivity contribution in [3.8, 4) is 0 Å². The molecule has 0 aliphatic carbocycles. The lowest BCUT2D eigenvalue weighted by Gasteiger charge is -2.02. The molecule has 0 aromatic heterocycles. The summed E-state index contributed by atoms with van der Waals surface area (Å²) >= 11 is 1.18. The fourth-order valence-electron chi connectivity index (χ4n) is 1.12. The summed E-state index contributed by atoms with van der Waals surface area (Å²) in [5.41, 5.74) is 0.980. The van der Waals surface area contributed by atoms with Crippen LogP contribution in [0.1, 0.15) is 5.56 Å². The smallest absolute Gasteiger partial charge is 0.264 e. The Hall–Kier alpha value is -1.27. The molecule has 0 bridgehead atoms. The Labute approximate surface area is 104 Å². The van der Waals surface area contributed by atoms with Gasteiger partial charge in [0.05, 0.1) is 5.75 Å². The maximum absolute atomic E-state index is 11.7. The Balaban J connectivity index is 2.16. The molecule has 0 atom stereocenters. The van der Waals surface area contributed by atoms with Gasteiger partial charge in [0.2, 0.25) is 0 Å². The molecule has 0 fully saturated rings. The van der Waals surface area contributed by atoms with Gasteiger partial charge >= 0.3 is 10.1 Å². The van der Waals surface area contributed by atoms with Gasteiger partial charge in [-0.15, -0.1) is 0 Å². The molecule has 4 nitrogen and oxygen atoms in total. The highest BCUT2D eigenvalue weighted by Crippen LogP contribution is 2.20. The molecule has 0 spiro atoms. The Morgan fingerprint density at radius 2 is 2.00 bits per heavy atom. The normalized spacial score (nSPS) is 17.6. The van der Waals surface area contributed by atoms with E-state index in [1.807, 2.05) is 6.92 Å². The summed E-state index contributed by atoms with van der Waals surface area (Å²) < 4.78 is 28.0. The first-order valence-electron chi connectivity index (χ1n) is 4.75. The number of oxime groups is 1. The summed E-state index contributed by atoms with van der Waals surface area (Å²) in [6.07, 6.45) is 3.26. The summed E-state index contributed by atoms with van der Waals surface area (Å²) in [6.45, 7) is 1.88. The van der Waals surface area contributed by atoms with Crippen molar-refractivity contribution < 1.29 is 12.7 Å². The highest BCUT2D eigenvalue weighted by molar-refractivity contribution is 8.16. The molecule has 17 heavy (non-hydrogen) atoms. The third-order valence-electron chi connectivity index (χ3n) is 1.99. The molecule has 0 unspecified atom stereocenters. The Bertz CT molecular complexity index is 559. The van der Waals surface area contributed by atoms with Gasteiger partial charge in [-0.1, -0.05) is 40.7 Å². The molecule has 1 aliphatic heterocycles. The van der Waals surface area contributed by atoms with Crippen LogP contribution in [0.5, 0.6) is 0 Å². The SMILES string of the molecule is Cc1ccc(S(=O)(=O)ON=C2C=C[C]S2)cc1. The largest absolute Gasteiger partial charge is 0.358 e. The fourth-order valence-corrected chi connectivity index (χ4v) is 2.37. The molecule has 0 saturated carbocycles. The lowest BCUT2D eigenvalue weighted by Crippen LogP contribution is -2.03. The van der Waals surface area contributed by atoms with Crippen molar-refractivity contribution >= 4 is 26.9 Å². The Kier molecular flexibility index (Phi) is 3.54. The third-order valence-corrected chi connectivity index (χ3v) is 3.79. The molecule has 0 N–H and O–H groups in total. The number of thioether (sulfide) groups is 1. The van der Waals surface area contributed by atoms with E-state index in [0.29, 0.717) is 5.04 Å². The molecule has 1 aromatic rings. The summed E-state index contributed by atoms with van der Waals surface area (Å²) in [5.74, 6) is 2.79. The van der Waals surface area contributed by atoms with Crippen LogP contribution in [0.15, 0.2) is 46.5 Å². The van der Waals surface area contributed by atoms with Gasteiger partial charge in [0.25, 0.3) is 0 Å². The minimum absolute atomic E-state index is 0.0902. The van der Waals surface area contributed by atoms with Crippen LogP contribution in [0.3, 0.4) is 0 Å². The average molecular weight is 267 g/mol. The van der Waals surface area contributed by atoms with Crippen LogP contribution in [-0.2, 0) is 14.4 Å². The number of hydrogen-bond donors (Lipinski definition) is 0. The van der Waals surface area contributed by atoms with Crippen molar-refractivity contribution in [2.45, 2.75) is 11.8 Å². The first-order valence-corrected chi connectivity index (χ1v) is 6.98. The van der Waals surface area contributed by atoms with Crippen molar-refractivity contribution in [2.24, 2.45) is 5.16 Å². The van der Waals surface area contributed by atoms with E-state index >= 15 is 0 Å². The van der Waals surface area contributed by atoms with Crippen LogP contribution >= 0.6 is 11.8 Å². The highest BCUT2D eigenvalue weighted by atomic mass is 32.2. The lowest BCUT2D eigenvalue weighted by molar-refractivity contribution is 0.340. The van der Waals surface area contributed by atoms with Gasteiger partial charge in [-0.3, -0.25) is 4.28 Å². The van der Waals surface area contributed by atoms with Crippen molar-refractivity contribution in [3.05, 3.63) is 47.7 Å². The second kappa shape index (κ2) is 4.93. The molecule has 0 saturated heterocycles. The van der Waals surface area contributed by atoms with E-state index in [-0.39, 0.29) is 4.90 Å². The lowest BCUT2D eigenvalue weighted by atomic mass is 10.2. The molecule has 1 heterocycles. The maximum atomic E-state index is 11.7. The number of benzene rings is 1. The van der Waals surface area contributed by atoms with Gasteiger partial charge in [-0.25, -0.2) is 0 Å². The standard InChI is InChI=1S/C11H9NO3S2/c1-9-4-6-10(7-5-9)17(13,14)15-12-11-3-2-8-16-11/h2-7H,1H3. The van der Waals surface area contributed by atoms with E-state index in [0.717, 1.165) is 5.56 Å². The average Bonchev–Trinajstić information content (AvgIpc) is 2.80. The van der Waals surface area contributed by atoms with Crippen molar-refractivity contribution in [1.29, 1.82) is 0 Å². The minimum Gasteiger partial charge on any atom is -0.264 e. The fraction of sp³-hybridized carbons (Fsp3) is 0.0909.